The first-order chi connectivity index (χ1) is 14.7. The Bertz CT molecular complexity index is 1320. The van der Waals surface area contributed by atoms with Crippen LogP contribution in [0.1, 0.15) is 41.9 Å². The van der Waals surface area contributed by atoms with Crippen molar-refractivity contribution in [2.45, 2.75) is 38.6 Å². The summed E-state index contributed by atoms with van der Waals surface area (Å²) in [6.07, 6.45) is 6.87. The number of aromatic nitrogens is 3. The third-order valence-corrected chi connectivity index (χ3v) is 5.72. The molecule has 3 heterocycles. The van der Waals surface area contributed by atoms with Crippen LogP contribution in [0.2, 0.25) is 0 Å². The molecule has 0 fully saturated rings. The predicted octanol–water partition coefficient (Wildman–Crippen LogP) is 4.31. The van der Waals surface area contributed by atoms with E-state index in [1.54, 1.807) is 24.4 Å². The van der Waals surface area contributed by atoms with Gasteiger partial charge in [0, 0.05) is 30.1 Å². The highest BCUT2D eigenvalue weighted by Gasteiger charge is 2.15. The number of aryl methyl sites for hydroxylation is 1. The van der Waals surface area contributed by atoms with Gasteiger partial charge in [0.15, 0.2) is 0 Å². The van der Waals surface area contributed by atoms with E-state index in [0.717, 1.165) is 48.8 Å². The number of hydrogen-bond donors (Lipinski definition) is 1. The number of carbonyl (C=O) groups excluding carboxylic acids is 1. The molecular weight excluding hydrogens is 376 g/mol. The van der Waals surface area contributed by atoms with Gasteiger partial charge >= 0.3 is 0 Å². The van der Waals surface area contributed by atoms with Crippen molar-refractivity contribution in [3.63, 3.8) is 0 Å². The van der Waals surface area contributed by atoms with Crippen molar-refractivity contribution in [2.24, 2.45) is 0 Å². The van der Waals surface area contributed by atoms with Gasteiger partial charge in [-0.1, -0.05) is 18.9 Å². The lowest BCUT2D eigenvalue weighted by atomic mass is 10.1. The molecule has 0 atom stereocenters. The fraction of sp³-hybridized carbons (Fsp3) is 0.250. The average Bonchev–Trinajstić information content (AvgIpc) is 2.75. The summed E-state index contributed by atoms with van der Waals surface area (Å²) >= 11 is 0. The number of hydrogen-bond acceptors (Lipinski definition) is 4. The number of anilines is 1. The zero-order valence-electron chi connectivity index (χ0n) is 16.6. The molecule has 0 saturated heterocycles. The first-order valence-corrected chi connectivity index (χ1v) is 10.4. The normalized spacial score (nSPS) is 14.1. The lowest BCUT2D eigenvalue weighted by Gasteiger charge is -2.16. The van der Waals surface area contributed by atoms with Crippen molar-refractivity contribution >= 4 is 33.4 Å². The van der Waals surface area contributed by atoms with Gasteiger partial charge in [0.05, 0.1) is 22.1 Å². The molecule has 1 amide bonds. The molecule has 6 nitrogen and oxygen atoms in total. The van der Waals surface area contributed by atoms with Crippen LogP contribution in [0.3, 0.4) is 0 Å². The van der Waals surface area contributed by atoms with Gasteiger partial charge in [-0.05, 0) is 55.3 Å². The summed E-state index contributed by atoms with van der Waals surface area (Å²) in [5, 5.41) is 4.41. The molecule has 0 unspecified atom stereocenters. The van der Waals surface area contributed by atoms with E-state index in [-0.39, 0.29) is 11.5 Å². The van der Waals surface area contributed by atoms with Crippen LogP contribution in [0.5, 0.6) is 0 Å². The molecule has 2 aromatic heterocycles. The minimum atomic E-state index is -0.234. The lowest BCUT2D eigenvalue weighted by molar-refractivity contribution is 0.102. The number of nitrogens with one attached hydrogen (secondary N) is 1. The number of fused-ring (bicyclic) bond motifs is 3. The van der Waals surface area contributed by atoms with Gasteiger partial charge in [-0.2, -0.15) is 0 Å². The second kappa shape index (κ2) is 7.71. The number of amides is 1. The first kappa shape index (κ1) is 18.5. The van der Waals surface area contributed by atoms with Gasteiger partial charge < -0.3 is 5.32 Å². The Labute approximate surface area is 173 Å². The molecule has 0 spiro atoms. The van der Waals surface area contributed by atoms with Gasteiger partial charge in [-0.15, -0.1) is 0 Å². The Hall–Kier alpha value is -3.54. The molecule has 0 aliphatic carbocycles. The average molecular weight is 398 g/mol. The minimum absolute atomic E-state index is 0.0102. The highest BCUT2D eigenvalue weighted by atomic mass is 16.1. The summed E-state index contributed by atoms with van der Waals surface area (Å²) in [7, 11) is 0. The molecule has 1 aliphatic heterocycles. The van der Waals surface area contributed by atoms with E-state index in [1.807, 2.05) is 34.9 Å². The second-order valence-corrected chi connectivity index (χ2v) is 7.71. The van der Waals surface area contributed by atoms with Crippen molar-refractivity contribution in [3.8, 4) is 0 Å². The summed E-state index contributed by atoms with van der Waals surface area (Å²) in [5.41, 5.74) is 2.58. The number of carbonyl (C=O) groups is 1. The van der Waals surface area contributed by atoms with Gasteiger partial charge in [-0.3, -0.25) is 19.1 Å². The monoisotopic (exact) mass is 398 g/mol. The van der Waals surface area contributed by atoms with E-state index >= 15 is 0 Å². The maximum atomic E-state index is 13.0. The van der Waals surface area contributed by atoms with E-state index in [1.165, 1.54) is 0 Å². The van der Waals surface area contributed by atoms with Crippen LogP contribution in [-0.2, 0) is 13.0 Å². The van der Waals surface area contributed by atoms with Gasteiger partial charge in [0.1, 0.15) is 5.82 Å². The summed E-state index contributed by atoms with van der Waals surface area (Å²) in [6, 6.07) is 14.5. The molecule has 0 saturated carbocycles. The predicted molar refractivity (Wildman–Crippen MR) is 118 cm³/mol. The van der Waals surface area contributed by atoms with Crippen molar-refractivity contribution < 1.29 is 4.79 Å². The zero-order valence-corrected chi connectivity index (χ0v) is 16.6. The highest BCUT2D eigenvalue weighted by molar-refractivity contribution is 6.09. The van der Waals surface area contributed by atoms with Crippen LogP contribution < -0.4 is 10.9 Å². The molecule has 6 heteroatoms. The molecule has 1 N–H and O–H groups in total. The fourth-order valence-corrected chi connectivity index (χ4v) is 4.14. The van der Waals surface area contributed by atoms with Crippen LogP contribution in [-0.4, -0.2) is 20.4 Å². The van der Waals surface area contributed by atoms with Crippen LogP contribution in [0.15, 0.2) is 59.5 Å². The van der Waals surface area contributed by atoms with E-state index in [4.69, 9.17) is 4.98 Å². The summed E-state index contributed by atoms with van der Waals surface area (Å²) in [6.45, 7) is 0.717. The standard InChI is InChI=1S/C24H22N4O2/c29-23(27-20-9-5-8-19-17(20)7-6-13-25-19)16-11-12-18-21(15-16)26-22-10-3-1-2-4-14-28(22)24(18)30/h5-9,11-13,15H,1-4,10,14H2,(H,27,29). The summed E-state index contributed by atoms with van der Waals surface area (Å²) in [4.78, 5) is 35.0. The number of rotatable bonds is 2. The van der Waals surface area contributed by atoms with Crippen molar-refractivity contribution in [3.05, 3.63) is 76.5 Å². The third kappa shape index (κ3) is 3.34. The van der Waals surface area contributed by atoms with Gasteiger partial charge in [0.2, 0.25) is 0 Å². The topological polar surface area (TPSA) is 76.9 Å². The van der Waals surface area contributed by atoms with Crippen LogP contribution in [0.4, 0.5) is 5.69 Å². The summed E-state index contributed by atoms with van der Waals surface area (Å²) < 4.78 is 1.81. The van der Waals surface area contributed by atoms with E-state index in [0.29, 0.717) is 28.7 Å². The number of benzene rings is 2. The Morgan fingerprint density at radius 3 is 2.77 bits per heavy atom. The number of nitrogens with zero attached hydrogens (tertiary/aromatic N) is 3. The Kier molecular flexibility index (Phi) is 4.75. The van der Waals surface area contributed by atoms with Crippen molar-refractivity contribution in [2.75, 3.05) is 5.32 Å². The minimum Gasteiger partial charge on any atom is -0.321 e. The molecular formula is C24H22N4O2. The lowest BCUT2D eigenvalue weighted by Crippen LogP contribution is -2.26. The maximum Gasteiger partial charge on any atom is 0.261 e. The molecule has 2 aromatic carbocycles. The molecule has 150 valence electrons. The molecule has 0 radical (unpaired) electrons. The zero-order chi connectivity index (χ0) is 20.5. The summed E-state index contributed by atoms with van der Waals surface area (Å²) in [5.74, 6) is 0.590. The Balaban J connectivity index is 1.52. The van der Waals surface area contributed by atoms with E-state index in [9.17, 15) is 9.59 Å². The molecule has 1 aliphatic rings. The van der Waals surface area contributed by atoms with Crippen LogP contribution in [0.25, 0.3) is 21.8 Å². The molecule has 4 aromatic rings. The van der Waals surface area contributed by atoms with Crippen LogP contribution in [0, 0.1) is 0 Å². The quantitative estimate of drug-likeness (QED) is 0.546. The molecule has 5 rings (SSSR count). The molecule has 0 bridgehead atoms. The van der Waals surface area contributed by atoms with Crippen LogP contribution >= 0.6 is 0 Å². The highest BCUT2D eigenvalue weighted by Crippen LogP contribution is 2.23. The third-order valence-electron chi connectivity index (χ3n) is 5.72. The first-order valence-electron chi connectivity index (χ1n) is 10.4. The van der Waals surface area contributed by atoms with Crippen molar-refractivity contribution in [1.29, 1.82) is 0 Å². The Morgan fingerprint density at radius 1 is 0.933 bits per heavy atom. The maximum absolute atomic E-state index is 13.0. The second-order valence-electron chi connectivity index (χ2n) is 7.71. The fourth-order valence-electron chi connectivity index (χ4n) is 4.14. The van der Waals surface area contributed by atoms with E-state index in [2.05, 4.69) is 10.3 Å². The number of pyridine rings is 1. The molecule has 30 heavy (non-hydrogen) atoms. The van der Waals surface area contributed by atoms with Crippen molar-refractivity contribution in [1.82, 2.24) is 14.5 Å². The SMILES string of the molecule is O=C(Nc1cccc2ncccc12)c1ccc2c(=O)n3c(nc2c1)CCCCCC3. The largest absolute Gasteiger partial charge is 0.321 e. The van der Waals surface area contributed by atoms with E-state index < -0.39 is 0 Å². The Morgan fingerprint density at radius 2 is 1.83 bits per heavy atom. The smallest absolute Gasteiger partial charge is 0.261 e. The van der Waals surface area contributed by atoms with Gasteiger partial charge in [0.25, 0.3) is 11.5 Å². The van der Waals surface area contributed by atoms with Gasteiger partial charge in [-0.25, -0.2) is 4.98 Å².